The molecule has 0 radical (unpaired) electrons. The average Bonchev–Trinajstić information content (AvgIpc) is 3.81. The first kappa shape index (κ1) is 58.3. The van der Waals surface area contributed by atoms with E-state index in [1.54, 1.807) is 0 Å². The molecule has 1 fully saturated rings. The van der Waals surface area contributed by atoms with Gasteiger partial charge in [-0.1, -0.05) is 175 Å². The number of unbranched alkanes of at least 4 members (excludes halogenated alkanes) is 25. The maximum absolute atomic E-state index is 12.9. The molecule has 8 heteroatoms. The fourth-order valence-electron chi connectivity index (χ4n) is 9.13. The Hall–Kier alpha value is -1.67. The number of aliphatic hydroxyl groups is 1. The van der Waals surface area contributed by atoms with Gasteiger partial charge in [-0.2, -0.15) is 0 Å². The van der Waals surface area contributed by atoms with Crippen LogP contribution in [-0.4, -0.2) is 72.8 Å². The lowest BCUT2D eigenvalue weighted by Crippen LogP contribution is -2.34. The molecule has 0 saturated heterocycles. The van der Waals surface area contributed by atoms with E-state index in [4.69, 9.17) is 9.47 Å². The molecule has 1 saturated carbocycles. The molecular weight excluding hydrogens is 773 g/mol. The fraction of sp³-hybridized carbons (Fsp3) is 0.944. The summed E-state index contributed by atoms with van der Waals surface area (Å²) in [5, 5.41) is 14.1. The second kappa shape index (κ2) is 44.5. The van der Waals surface area contributed by atoms with Gasteiger partial charge in [-0.3, -0.25) is 14.4 Å². The van der Waals surface area contributed by atoms with Gasteiger partial charge in [0.05, 0.1) is 12.7 Å². The van der Waals surface area contributed by atoms with Gasteiger partial charge < -0.3 is 24.8 Å². The van der Waals surface area contributed by atoms with Crippen molar-refractivity contribution in [3.8, 4) is 0 Å². The van der Waals surface area contributed by atoms with Gasteiger partial charge in [0.25, 0.3) is 0 Å². The Bertz CT molecular complexity index is 987. The second-order valence-electron chi connectivity index (χ2n) is 19.3. The highest BCUT2D eigenvalue weighted by Gasteiger charge is 2.22. The van der Waals surface area contributed by atoms with Gasteiger partial charge in [-0.25, -0.2) is 0 Å². The van der Waals surface area contributed by atoms with Crippen LogP contribution in [-0.2, 0) is 23.9 Å². The first-order chi connectivity index (χ1) is 30.4. The van der Waals surface area contributed by atoms with Crippen LogP contribution >= 0.6 is 0 Å². The van der Waals surface area contributed by atoms with E-state index in [2.05, 4.69) is 31.0 Å². The van der Waals surface area contributed by atoms with E-state index in [9.17, 15) is 19.5 Å². The quantitative estimate of drug-likeness (QED) is 0.0463. The highest BCUT2D eigenvalue weighted by molar-refractivity contribution is 5.78. The van der Waals surface area contributed by atoms with E-state index in [1.165, 1.54) is 135 Å². The lowest BCUT2D eigenvalue weighted by Gasteiger charge is -2.25. The molecule has 1 atom stereocenters. The van der Waals surface area contributed by atoms with Crippen molar-refractivity contribution in [3.63, 3.8) is 0 Å². The summed E-state index contributed by atoms with van der Waals surface area (Å²) in [5.41, 5.74) is 0. The molecule has 366 valence electrons. The third-order valence-corrected chi connectivity index (χ3v) is 13.2. The summed E-state index contributed by atoms with van der Waals surface area (Å²) in [6.07, 6.45) is 44.4. The normalized spacial score (nSPS) is 13.6. The molecular formula is C54H104N2O6. The summed E-state index contributed by atoms with van der Waals surface area (Å²) in [4.78, 5) is 40.0. The molecule has 0 heterocycles. The molecule has 0 aromatic carbocycles. The number of hydrogen-bond acceptors (Lipinski definition) is 7. The summed E-state index contributed by atoms with van der Waals surface area (Å²) in [6, 6.07) is 0. The van der Waals surface area contributed by atoms with Gasteiger partial charge in [0.1, 0.15) is 6.10 Å². The van der Waals surface area contributed by atoms with Crippen molar-refractivity contribution in [1.29, 1.82) is 0 Å². The number of hydrogen-bond donors (Lipinski definition) is 2. The number of rotatable bonds is 47. The van der Waals surface area contributed by atoms with Crippen molar-refractivity contribution in [2.75, 3.05) is 32.8 Å². The van der Waals surface area contributed by atoms with E-state index in [1.807, 2.05) is 0 Å². The molecule has 0 aromatic rings. The van der Waals surface area contributed by atoms with Crippen molar-refractivity contribution >= 4 is 17.8 Å². The first-order valence-corrected chi connectivity index (χ1v) is 27.4. The highest BCUT2D eigenvalue weighted by Crippen LogP contribution is 2.25. The first-order valence-electron chi connectivity index (χ1n) is 27.4. The second-order valence-corrected chi connectivity index (χ2v) is 19.3. The number of esters is 2. The minimum absolute atomic E-state index is 0.00427. The van der Waals surface area contributed by atoms with Crippen LogP contribution in [0.2, 0.25) is 0 Å². The lowest BCUT2D eigenvalue weighted by atomic mass is 10.0. The number of ether oxygens (including phenoxy) is 2. The van der Waals surface area contributed by atoms with Crippen LogP contribution in [0, 0.1) is 5.92 Å². The standard InChI is InChI=1S/C54H104N2O6/c1-4-7-10-13-16-17-18-24-36-47-61-52(58)42-29-25-35-46-56(48-50(57)39-32-33-44-55-54(60)49-37-30-31-38-49)45-34-23-19-22-28-43-53(59)62-51(40-26-20-14-11-8-5-2)41-27-21-15-12-9-6-3/h49-51,57H,4-48H2,1-3H3,(H,55,60). The minimum Gasteiger partial charge on any atom is -0.466 e. The maximum Gasteiger partial charge on any atom is 0.306 e. The third-order valence-electron chi connectivity index (χ3n) is 13.2. The van der Waals surface area contributed by atoms with Crippen LogP contribution < -0.4 is 5.32 Å². The zero-order valence-electron chi connectivity index (χ0n) is 41.5. The molecule has 1 amide bonds. The monoisotopic (exact) mass is 877 g/mol. The Balaban J connectivity index is 2.38. The van der Waals surface area contributed by atoms with E-state index in [-0.39, 0.29) is 36.0 Å². The molecule has 0 bridgehead atoms. The topological polar surface area (TPSA) is 105 Å². The zero-order valence-corrected chi connectivity index (χ0v) is 41.5. The Morgan fingerprint density at radius 1 is 0.532 bits per heavy atom. The van der Waals surface area contributed by atoms with Crippen molar-refractivity contribution in [2.24, 2.45) is 5.92 Å². The van der Waals surface area contributed by atoms with Gasteiger partial charge in [0.15, 0.2) is 0 Å². The summed E-state index contributed by atoms with van der Waals surface area (Å²) < 4.78 is 11.6. The molecule has 1 rings (SSSR count). The van der Waals surface area contributed by atoms with E-state index in [0.29, 0.717) is 32.5 Å². The fourth-order valence-corrected chi connectivity index (χ4v) is 9.13. The molecule has 0 aliphatic heterocycles. The summed E-state index contributed by atoms with van der Waals surface area (Å²) in [7, 11) is 0. The van der Waals surface area contributed by atoms with Gasteiger partial charge in [0, 0.05) is 31.8 Å². The largest absolute Gasteiger partial charge is 0.466 e. The Morgan fingerprint density at radius 3 is 1.52 bits per heavy atom. The van der Waals surface area contributed by atoms with Crippen LogP contribution in [0.3, 0.4) is 0 Å². The third kappa shape index (κ3) is 37.7. The summed E-state index contributed by atoms with van der Waals surface area (Å²) in [6.45, 7) is 10.6. The van der Waals surface area contributed by atoms with E-state index in [0.717, 1.165) is 122 Å². The van der Waals surface area contributed by atoms with Crippen LogP contribution in [0.5, 0.6) is 0 Å². The highest BCUT2D eigenvalue weighted by atomic mass is 16.5. The van der Waals surface area contributed by atoms with Crippen LogP contribution in [0.25, 0.3) is 0 Å². The van der Waals surface area contributed by atoms with Crippen molar-refractivity contribution in [1.82, 2.24) is 10.2 Å². The minimum atomic E-state index is -0.381. The molecule has 0 aromatic heterocycles. The number of nitrogens with one attached hydrogen (secondary N) is 1. The summed E-state index contributed by atoms with van der Waals surface area (Å²) >= 11 is 0. The molecule has 62 heavy (non-hydrogen) atoms. The number of carbonyl (C=O) groups is 3. The van der Waals surface area contributed by atoms with Crippen LogP contribution in [0.1, 0.15) is 278 Å². The predicted molar refractivity (Wildman–Crippen MR) is 261 cm³/mol. The van der Waals surface area contributed by atoms with Crippen molar-refractivity contribution < 1.29 is 29.0 Å². The van der Waals surface area contributed by atoms with Crippen molar-refractivity contribution in [2.45, 2.75) is 290 Å². The van der Waals surface area contributed by atoms with Crippen LogP contribution in [0.15, 0.2) is 0 Å². The number of aliphatic hydroxyl groups excluding tert-OH is 1. The predicted octanol–water partition coefficient (Wildman–Crippen LogP) is 14.5. The lowest BCUT2D eigenvalue weighted by molar-refractivity contribution is -0.150. The molecule has 8 nitrogen and oxygen atoms in total. The zero-order chi connectivity index (χ0) is 45.0. The molecule has 1 unspecified atom stereocenters. The van der Waals surface area contributed by atoms with Crippen LogP contribution in [0.4, 0.5) is 0 Å². The van der Waals surface area contributed by atoms with E-state index < -0.39 is 0 Å². The SMILES string of the molecule is CCCCCCCCCCCOC(=O)CCCCCN(CCCCCCCC(=O)OC(CCCCCCCC)CCCCCCCC)CC(O)CCCCNC(=O)C1CCCC1. The number of amides is 1. The molecule has 1 aliphatic carbocycles. The number of nitrogens with zero attached hydrogens (tertiary/aromatic N) is 1. The van der Waals surface area contributed by atoms with Gasteiger partial charge in [-0.15, -0.1) is 0 Å². The molecule has 0 spiro atoms. The molecule has 1 aliphatic rings. The molecule has 2 N–H and O–H groups in total. The number of carbonyl (C=O) groups excluding carboxylic acids is 3. The van der Waals surface area contributed by atoms with E-state index >= 15 is 0 Å². The smallest absolute Gasteiger partial charge is 0.306 e. The Labute approximate surface area is 384 Å². The Kier molecular flexibility index (Phi) is 41.9. The van der Waals surface area contributed by atoms with Crippen molar-refractivity contribution in [3.05, 3.63) is 0 Å². The average molecular weight is 877 g/mol. The summed E-state index contributed by atoms with van der Waals surface area (Å²) in [5.74, 6) is 0.353. The van der Waals surface area contributed by atoms with Gasteiger partial charge >= 0.3 is 11.9 Å². The maximum atomic E-state index is 12.9. The van der Waals surface area contributed by atoms with Gasteiger partial charge in [-0.05, 0) is 103 Å². The Morgan fingerprint density at radius 2 is 0.968 bits per heavy atom. The van der Waals surface area contributed by atoms with Gasteiger partial charge in [0.2, 0.25) is 5.91 Å².